The summed E-state index contributed by atoms with van der Waals surface area (Å²) in [5.41, 5.74) is 0.831. The molecule has 0 heterocycles. The molecule has 0 atom stereocenters. The quantitative estimate of drug-likeness (QED) is 0.187. The van der Waals surface area contributed by atoms with Gasteiger partial charge in [-0.15, -0.1) is 24.0 Å². The Morgan fingerprint density at radius 1 is 1.03 bits per heavy atom. The minimum Gasteiger partial charge on any atom is -0.494 e. The Labute approximate surface area is 202 Å². The van der Waals surface area contributed by atoms with Gasteiger partial charge in [-0.3, -0.25) is 4.99 Å². The van der Waals surface area contributed by atoms with Crippen molar-refractivity contribution in [3.05, 3.63) is 54.6 Å². The molecular formula is C22H32IN3O4S. The van der Waals surface area contributed by atoms with E-state index in [2.05, 4.69) is 15.6 Å². The molecule has 2 rings (SSSR count). The summed E-state index contributed by atoms with van der Waals surface area (Å²) in [6.45, 7) is 5.31. The molecular weight excluding hydrogens is 529 g/mol. The van der Waals surface area contributed by atoms with E-state index < -0.39 is 9.84 Å². The Hall–Kier alpha value is -2.01. The Morgan fingerprint density at radius 3 is 2.32 bits per heavy atom. The summed E-state index contributed by atoms with van der Waals surface area (Å²) in [4.78, 5) is 4.53. The summed E-state index contributed by atoms with van der Waals surface area (Å²) in [6.07, 6.45) is 2.05. The van der Waals surface area contributed by atoms with E-state index in [1.54, 1.807) is 0 Å². The second-order valence-corrected chi connectivity index (χ2v) is 9.38. The molecule has 9 heteroatoms. The first kappa shape index (κ1) is 27.0. The summed E-state index contributed by atoms with van der Waals surface area (Å²) in [5, 5.41) is 6.27. The van der Waals surface area contributed by atoms with E-state index in [0.717, 1.165) is 23.6 Å². The maximum Gasteiger partial charge on any atom is 0.195 e. The number of aliphatic imine (C=N–C) groups is 1. The summed E-state index contributed by atoms with van der Waals surface area (Å²) in [6, 6.07) is 17.2. The number of nitrogens with zero attached hydrogens (tertiary/aromatic N) is 1. The van der Waals surface area contributed by atoms with Crippen LogP contribution in [0.1, 0.15) is 20.3 Å². The average Bonchev–Trinajstić information content (AvgIpc) is 2.68. The molecule has 31 heavy (non-hydrogen) atoms. The van der Waals surface area contributed by atoms with E-state index in [1.165, 1.54) is 6.26 Å². The lowest BCUT2D eigenvalue weighted by molar-refractivity contribution is 0.242. The number of halogens is 1. The lowest BCUT2D eigenvalue weighted by Crippen LogP contribution is -2.34. The Morgan fingerprint density at radius 2 is 1.71 bits per heavy atom. The summed E-state index contributed by atoms with van der Waals surface area (Å²) in [5.74, 6) is 2.18. The van der Waals surface area contributed by atoms with Crippen LogP contribution in [0.3, 0.4) is 0 Å². The van der Waals surface area contributed by atoms with Crippen molar-refractivity contribution in [2.75, 3.05) is 37.0 Å². The van der Waals surface area contributed by atoms with Crippen molar-refractivity contribution in [3.63, 3.8) is 0 Å². The number of anilines is 1. The third kappa shape index (κ3) is 12.4. The van der Waals surface area contributed by atoms with Gasteiger partial charge in [0.05, 0.1) is 18.5 Å². The van der Waals surface area contributed by atoms with E-state index in [1.807, 2.05) is 68.4 Å². The van der Waals surface area contributed by atoms with E-state index in [9.17, 15) is 8.42 Å². The predicted molar refractivity (Wildman–Crippen MR) is 138 cm³/mol. The predicted octanol–water partition coefficient (Wildman–Crippen LogP) is 3.96. The number of ether oxygens (including phenoxy) is 2. The molecule has 0 saturated heterocycles. The van der Waals surface area contributed by atoms with Gasteiger partial charge in [0.2, 0.25) is 0 Å². The molecule has 7 nitrogen and oxygen atoms in total. The van der Waals surface area contributed by atoms with Gasteiger partial charge in [0.15, 0.2) is 5.96 Å². The largest absolute Gasteiger partial charge is 0.494 e. The minimum absolute atomic E-state index is 0. The van der Waals surface area contributed by atoms with Gasteiger partial charge < -0.3 is 20.1 Å². The lowest BCUT2D eigenvalue weighted by atomic mass is 10.3. The van der Waals surface area contributed by atoms with Crippen LogP contribution in [0.2, 0.25) is 0 Å². The first-order valence-corrected chi connectivity index (χ1v) is 12.1. The van der Waals surface area contributed by atoms with Gasteiger partial charge in [-0.2, -0.15) is 0 Å². The highest BCUT2D eigenvalue weighted by Crippen LogP contribution is 2.16. The van der Waals surface area contributed by atoms with Gasteiger partial charge in [-0.25, -0.2) is 8.42 Å². The molecule has 0 amide bonds. The van der Waals surface area contributed by atoms with Gasteiger partial charge in [0.1, 0.15) is 21.3 Å². The molecule has 172 valence electrons. The third-order valence-electron chi connectivity index (χ3n) is 3.84. The Bertz CT molecular complexity index is 889. The van der Waals surface area contributed by atoms with E-state index in [4.69, 9.17) is 9.47 Å². The first-order valence-electron chi connectivity index (χ1n) is 9.99. The molecule has 0 aliphatic carbocycles. The molecule has 0 radical (unpaired) electrons. The van der Waals surface area contributed by atoms with Crippen molar-refractivity contribution in [1.82, 2.24) is 5.32 Å². The van der Waals surface area contributed by atoms with Crippen LogP contribution in [0, 0.1) is 0 Å². The number of hydrogen-bond donors (Lipinski definition) is 2. The van der Waals surface area contributed by atoms with Crippen molar-refractivity contribution in [2.24, 2.45) is 4.99 Å². The van der Waals surface area contributed by atoms with E-state index in [0.29, 0.717) is 19.1 Å². The average molecular weight is 561 g/mol. The molecule has 0 bridgehead atoms. The second kappa shape index (κ2) is 14.1. The second-order valence-electron chi connectivity index (χ2n) is 7.12. The van der Waals surface area contributed by atoms with Gasteiger partial charge in [0.25, 0.3) is 0 Å². The smallest absolute Gasteiger partial charge is 0.195 e. The van der Waals surface area contributed by atoms with Crippen molar-refractivity contribution in [2.45, 2.75) is 26.4 Å². The zero-order chi connectivity index (χ0) is 21.8. The standard InChI is InChI=1S/C22H31N3O4S.HI/c1-18(2)29-21-12-10-19(11-13-21)25-22(24-15-17-30(3,26)27)23-14-7-16-28-20-8-5-4-6-9-20;/h4-6,8-13,18H,7,14-17H2,1-3H3,(H2,23,24,25);1H. The van der Waals surface area contributed by atoms with Crippen LogP contribution in [0.5, 0.6) is 11.5 Å². The van der Waals surface area contributed by atoms with Crippen LogP contribution in [0.15, 0.2) is 59.6 Å². The normalized spacial score (nSPS) is 11.5. The van der Waals surface area contributed by atoms with Crippen LogP contribution < -0.4 is 20.1 Å². The van der Waals surface area contributed by atoms with Crippen LogP contribution in [0.25, 0.3) is 0 Å². The maximum absolute atomic E-state index is 11.4. The number of guanidine groups is 1. The molecule has 0 saturated carbocycles. The molecule has 0 unspecified atom stereocenters. The highest BCUT2D eigenvalue weighted by molar-refractivity contribution is 14.0. The Balaban J connectivity index is 0.00000480. The monoisotopic (exact) mass is 561 g/mol. The minimum atomic E-state index is -3.05. The summed E-state index contributed by atoms with van der Waals surface area (Å²) in [7, 11) is -3.05. The summed E-state index contributed by atoms with van der Waals surface area (Å²) < 4.78 is 34.1. The fraction of sp³-hybridized carbons (Fsp3) is 0.409. The molecule has 2 N–H and O–H groups in total. The van der Waals surface area contributed by atoms with Gasteiger partial charge in [-0.1, -0.05) is 18.2 Å². The fourth-order valence-electron chi connectivity index (χ4n) is 2.48. The number of nitrogens with one attached hydrogen (secondary N) is 2. The molecule has 0 aromatic heterocycles. The number of benzene rings is 2. The first-order chi connectivity index (χ1) is 14.3. The molecule has 0 aliphatic heterocycles. The van der Waals surface area contributed by atoms with Crippen LogP contribution in [0.4, 0.5) is 5.69 Å². The Kier molecular flexibility index (Phi) is 12.3. The highest BCUT2D eigenvalue weighted by atomic mass is 127. The number of sulfone groups is 1. The van der Waals surface area contributed by atoms with E-state index in [-0.39, 0.29) is 42.4 Å². The maximum atomic E-state index is 11.4. The zero-order valence-electron chi connectivity index (χ0n) is 18.2. The van der Waals surface area contributed by atoms with Crippen molar-refractivity contribution in [1.29, 1.82) is 0 Å². The van der Waals surface area contributed by atoms with Crippen LogP contribution in [-0.4, -0.2) is 52.2 Å². The molecule has 2 aromatic rings. The van der Waals surface area contributed by atoms with E-state index >= 15 is 0 Å². The molecule has 0 spiro atoms. The van der Waals surface area contributed by atoms with Crippen LogP contribution in [-0.2, 0) is 9.84 Å². The number of rotatable bonds is 11. The van der Waals surface area contributed by atoms with Crippen molar-refractivity contribution in [3.8, 4) is 11.5 Å². The third-order valence-corrected chi connectivity index (χ3v) is 4.78. The topological polar surface area (TPSA) is 89.0 Å². The van der Waals surface area contributed by atoms with Crippen molar-refractivity contribution < 1.29 is 17.9 Å². The van der Waals surface area contributed by atoms with Crippen LogP contribution >= 0.6 is 24.0 Å². The molecule has 0 fully saturated rings. The van der Waals surface area contributed by atoms with Crippen molar-refractivity contribution >= 4 is 45.5 Å². The highest BCUT2D eigenvalue weighted by Gasteiger charge is 2.05. The fourth-order valence-corrected chi connectivity index (χ4v) is 2.96. The SMILES string of the molecule is CC(C)Oc1ccc(NC(=NCCCOc2ccccc2)NCCS(C)(=O)=O)cc1.I. The van der Waals surface area contributed by atoms with Gasteiger partial charge in [-0.05, 0) is 50.2 Å². The summed E-state index contributed by atoms with van der Waals surface area (Å²) >= 11 is 0. The molecule has 2 aromatic carbocycles. The molecule has 0 aliphatic rings. The number of para-hydroxylation sites is 1. The van der Waals surface area contributed by atoms with Gasteiger partial charge in [0, 0.05) is 31.5 Å². The lowest BCUT2D eigenvalue weighted by Gasteiger charge is -2.14. The van der Waals surface area contributed by atoms with Gasteiger partial charge >= 0.3 is 0 Å². The number of hydrogen-bond acceptors (Lipinski definition) is 5. The zero-order valence-corrected chi connectivity index (χ0v) is 21.4.